The van der Waals surface area contributed by atoms with Crippen molar-refractivity contribution in [3.05, 3.63) is 88.4 Å². The van der Waals surface area contributed by atoms with Crippen LogP contribution in [0.2, 0.25) is 5.02 Å². The van der Waals surface area contributed by atoms with Gasteiger partial charge in [-0.2, -0.15) is 0 Å². The van der Waals surface area contributed by atoms with Crippen LogP contribution in [0.5, 0.6) is 0 Å². The van der Waals surface area contributed by atoms with E-state index >= 15 is 0 Å². The molecule has 1 fully saturated rings. The summed E-state index contributed by atoms with van der Waals surface area (Å²) >= 11 is 7.23. The van der Waals surface area contributed by atoms with Crippen molar-refractivity contribution in [3.8, 4) is 0 Å². The molecule has 1 N–H and O–H groups in total. The van der Waals surface area contributed by atoms with Gasteiger partial charge in [0.1, 0.15) is 6.54 Å². The Morgan fingerprint density at radius 2 is 1.71 bits per heavy atom. The van der Waals surface area contributed by atoms with Gasteiger partial charge < -0.3 is 5.32 Å². The van der Waals surface area contributed by atoms with Gasteiger partial charge in [0.15, 0.2) is 0 Å². The molecular formula is C26H22ClN3O3S. The minimum absolute atomic E-state index is 0.134. The van der Waals surface area contributed by atoms with E-state index in [1.54, 1.807) is 29.2 Å². The molecule has 0 radical (unpaired) electrons. The highest BCUT2D eigenvalue weighted by atomic mass is 35.5. The zero-order valence-corrected chi connectivity index (χ0v) is 20.2. The quantitative estimate of drug-likeness (QED) is 0.565. The first kappa shape index (κ1) is 22.5. The molecule has 1 spiro atoms. The summed E-state index contributed by atoms with van der Waals surface area (Å²) in [7, 11) is 0. The Morgan fingerprint density at radius 1 is 1.03 bits per heavy atom. The van der Waals surface area contributed by atoms with Gasteiger partial charge in [0.05, 0.1) is 11.4 Å². The van der Waals surface area contributed by atoms with Crippen LogP contribution in [0.3, 0.4) is 0 Å². The molecule has 2 aliphatic rings. The van der Waals surface area contributed by atoms with Crippen LogP contribution in [0, 0.1) is 13.8 Å². The van der Waals surface area contributed by atoms with Gasteiger partial charge in [0.2, 0.25) is 16.7 Å². The molecule has 5 rings (SSSR count). The third-order valence-corrected chi connectivity index (χ3v) is 7.60. The molecule has 3 amide bonds. The van der Waals surface area contributed by atoms with Crippen molar-refractivity contribution >= 4 is 58.1 Å². The summed E-state index contributed by atoms with van der Waals surface area (Å²) in [6.45, 7) is 3.76. The summed E-state index contributed by atoms with van der Waals surface area (Å²) in [6, 6.07) is 20.0. The van der Waals surface area contributed by atoms with Gasteiger partial charge in [0, 0.05) is 22.0 Å². The van der Waals surface area contributed by atoms with Gasteiger partial charge in [-0.05, 0) is 67.4 Å². The first-order chi connectivity index (χ1) is 16.3. The molecule has 1 unspecified atom stereocenters. The van der Waals surface area contributed by atoms with Gasteiger partial charge in [-0.3, -0.25) is 24.2 Å². The Bertz CT molecular complexity index is 1310. The lowest BCUT2D eigenvalue weighted by molar-refractivity contribution is -0.124. The Hall–Kier alpha value is -3.29. The fourth-order valence-electron chi connectivity index (χ4n) is 4.67. The number of aryl methyl sites for hydroxylation is 2. The number of nitrogens with zero attached hydrogens (tertiary/aromatic N) is 2. The average molecular weight is 492 g/mol. The standard InChI is InChI=1S/C26H22ClN3O3S/c1-16-11-17(2)13-20(12-16)30-24(32)15-34-26(30)21-5-3-4-6-22(21)29(25(26)33)14-23(31)28-19-9-7-18(27)8-10-19/h3-13H,14-15H2,1-2H3,(H,28,31). The summed E-state index contributed by atoms with van der Waals surface area (Å²) in [5, 5.41) is 3.38. The zero-order valence-electron chi connectivity index (χ0n) is 18.7. The molecular weight excluding hydrogens is 470 g/mol. The van der Waals surface area contributed by atoms with Gasteiger partial charge in [-0.1, -0.05) is 35.9 Å². The summed E-state index contributed by atoms with van der Waals surface area (Å²) in [5.41, 5.74) is 4.64. The van der Waals surface area contributed by atoms with Crippen molar-refractivity contribution in [1.82, 2.24) is 0 Å². The highest BCUT2D eigenvalue weighted by molar-refractivity contribution is 8.02. The third kappa shape index (κ3) is 3.65. The van der Waals surface area contributed by atoms with E-state index in [1.807, 2.05) is 56.3 Å². The summed E-state index contributed by atoms with van der Waals surface area (Å²) in [4.78, 5) is 41.9. The van der Waals surface area contributed by atoms with E-state index in [4.69, 9.17) is 11.6 Å². The molecule has 34 heavy (non-hydrogen) atoms. The number of hydrogen-bond donors (Lipinski definition) is 1. The van der Waals surface area contributed by atoms with Crippen LogP contribution in [-0.2, 0) is 19.3 Å². The number of carbonyl (C=O) groups excluding carboxylic acids is 3. The number of hydrogen-bond acceptors (Lipinski definition) is 4. The topological polar surface area (TPSA) is 69.7 Å². The number of carbonyl (C=O) groups is 3. The second-order valence-electron chi connectivity index (χ2n) is 8.47. The van der Waals surface area contributed by atoms with Crippen LogP contribution in [0.15, 0.2) is 66.7 Å². The molecule has 1 atom stereocenters. The number of fused-ring (bicyclic) bond motifs is 2. The van der Waals surface area contributed by atoms with Crippen molar-refractivity contribution in [2.24, 2.45) is 0 Å². The number of thioether (sulfide) groups is 1. The fourth-order valence-corrected chi connectivity index (χ4v) is 6.15. The number of para-hydroxylation sites is 1. The second-order valence-corrected chi connectivity index (χ2v) is 10.1. The predicted molar refractivity (Wildman–Crippen MR) is 136 cm³/mol. The normalized spacial score (nSPS) is 19.1. The predicted octanol–water partition coefficient (Wildman–Crippen LogP) is 4.87. The van der Waals surface area contributed by atoms with Crippen molar-refractivity contribution in [1.29, 1.82) is 0 Å². The molecule has 0 bridgehead atoms. The number of nitrogens with one attached hydrogen (secondary N) is 1. The first-order valence-electron chi connectivity index (χ1n) is 10.8. The van der Waals surface area contributed by atoms with Crippen LogP contribution >= 0.6 is 23.4 Å². The van der Waals surface area contributed by atoms with Crippen LogP contribution < -0.4 is 15.1 Å². The maximum absolute atomic E-state index is 14.0. The number of amides is 3. The molecule has 172 valence electrons. The van der Waals surface area contributed by atoms with Crippen molar-refractivity contribution in [2.45, 2.75) is 18.7 Å². The van der Waals surface area contributed by atoms with E-state index in [0.717, 1.165) is 11.1 Å². The molecule has 3 aromatic rings. The third-order valence-electron chi connectivity index (χ3n) is 5.96. The maximum Gasteiger partial charge on any atom is 0.269 e. The largest absolute Gasteiger partial charge is 0.325 e. The van der Waals surface area contributed by atoms with Gasteiger partial charge in [-0.25, -0.2) is 0 Å². The van der Waals surface area contributed by atoms with Gasteiger partial charge in [-0.15, -0.1) is 11.8 Å². The Labute approximate surface area is 206 Å². The van der Waals surface area contributed by atoms with E-state index in [9.17, 15) is 14.4 Å². The molecule has 3 aromatic carbocycles. The van der Waals surface area contributed by atoms with E-state index in [1.165, 1.54) is 16.7 Å². The lowest BCUT2D eigenvalue weighted by Gasteiger charge is -2.33. The molecule has 0 saturated carbocycles. The van der Waals surface area contributed by atoms with Crippen LogP contribution in [0.4, 0.5) is 17.1 Å². The Balaban J connectivity index is 1.53. The van der Waals surface area contributed by atoms with E-state index in [0.29, 0.717) is 27.6 Å². The van der Waals surface area contributed by atoms with Crippen molar-refractivity contribution < 1.29 is 14.4 Å². The molecule has 2 heterocycles. The Kier molecular flexibility index (Phi) is 5.62. The van der Waals surface area contributed by atoms with Crippen LogP contribution in [0.25, 0.3) is 0 Å². The minimum Gasteiger partial charge on any atom is -0.325 e. The lowest BCUT2D eigenvalue weighted by Crippen LogP contribution is -2.51. The van der Waals surface area contributed by atoms with E-state index in [-0.39, 0.29) is 30.0 Å². The monoisotopic (exact) mass is 491 g/mol. The number of rotatable bonds is 4. The van der Waals surface area contributed by atoms with E-state index in [2.05, 4.69) is 5.32 Å². The van der Waals surface area contributed by atoms with Crippen LogP contribution in [0.1, 0.15) is 16.7 Å². The minimum atomic E-state index is -1.24. The van der Waals surface area contributed by atoms with Crippen LogP contribution in [-0.4, -0.2) is 30.0 Å². The summed E-state index contributed by atoms with van der Waals surface area (Å²) in [6.07, 6.45) is 0. The SMILES string of the molecule is Cc1cc(C)cc(N2C(=O)CSC23C(=O)N(CC(=O)Nc2ccc(Cl)cc2)c2ccccc23)c1. The molecule has 0 aliphatic carbocycles. The lowest BCUT2D eigenvalue weighted by atomic mass is 10.0. The number of anilines is 3. The first-order valence-corrected chi connectivity index (χ1v) is 12.2. The summed E-state index contributed by atoms with van der Waals surface area (Å²) in [5.74, 6) is -0.590. The number of halogens is 1. The Morgan fingerprint density at radius 3 is 2.41 bits per heavy atom. The molecule has 1 saturated heterocycles. The van der Waals surface area contributed by atoms with Gasteiger partial charge in [0.25, 0.3) is 5.91 Å². The second kappa shape index (κ2) is 8.49. The number of benzene rings is 3. The van der Waals surface area contributed by atoms with Gasteiger partial charge >= 0.3 is 0 Å². The van der Waals surface area contributed by atoms with E-state index < -0.39 is 4.87 Å². The fraction of sp³-hybridized carbons (Fsp3) is 0.192. The molecule has 6 nitrogen and oxygen atoms in total. The maximum atomic E-state index is 14.0. The van der Waals surface area contributed by atoms with Crippen molar-refractivity contribution in [3.63, 3.8) is 0 Å². The highest BCUT2D eigenvalue weighted by Crippen LogP contribution is 2.55. The van der Waals surface area contributed by atoms with Crippen molar-refractivity contribution in [2.75, 3.05) is 27.4 Å². The molecule has 2 aliphatic heterocycles. The molecule has 8 heteroatoms. The average Bonchev–Trinajstić information content (AvgIpc) is 3.26. The summed E-state index contributed by atoms with van der Waals surface area (Å²) < 4.78 is 0. The zero-order chi connectivity index (χ0) is 24.0. The highest BCUT2D eigenvalue weighted by Gasteiger charge is 2.61. The molecule has 0 aromatic heterocycles. The smallest absolute Gasteiger partial charge is 0.269 e.